The number of nitrogens with one attached hydrogen (secondary N) is 2. The molecule has 2 amide bonds. The molecule has 0 aliphatic carbocycles. The second-order valence-corrected chi connectivity index (χ2v) is 7.31. The minimum absolute atomic E-state index is 0.0315. The maximum atomic E-state index is 13.3. The number of aryl methyl sites for hydroxylation is 1. The van der Waals surface area contributed by atoms with Crippen LogP contribution in [0.15, 0.2) is 18.3 Å². The molecular formula is C19H21F4N7O2. The van der Waals surface area contributed by atoms with Crippen molar-refractivity contribution in [3.05, 3.63) is 41.1 Å². The van der Waals surface area contributed by atoms with Crippen LogP contribution in [0.25, 0.3) is 5.65 Å². The molecular weight excluding hydrogens is 434 g/mol. The number of alkyl halides is 4. The topological polar surface area (TPSA) is 106 Å². The van der Waals surface area contributed by atoms with Crippen molar-refractivity contribution in [1.82, 2.24) is 29.7 Å². The molecule has 3 rings (SSSR count). The van der Waals surface area contributed by atoms with Gasteiger partial charge in [-0.1, -0.05) is 13.8 Å². The van der Waals surface area contributed by atoms with Gasteiger partial charge in [-0.05, 0) is 18.9 Å². The molecule has 0 fully saturated rings. The molecule has 2 N–H and O–H groups in total. The molecule has 3 aromatic heterocycles. The van der Waals surface area contributed by atoms with Gasteiger partial charge in [0.15, 0.2) is 17.0 Å². The van der Waals surface area contributed by atoms with Crippen LogP contribution in [0.4, 0.5) is 23.2 Å². The molecule has 0 atom stereocenters. The Labute approximate surface area is 179 Å². The lowest BCUT2D eigenvalue weighted by molar-refractivity contribution is 0.0944. The number of fused-ring (bicyclic) bond motifs is 1. The van der Waals surface area contributed by atoms with Crippen LogP contribution in [-0.2, 0) is 6.54 Å². The van der Waals surface area contributed by atoms with E-state index in [4.69, 9.17) is 0 Å². The zero-order valence-electron chi connectivity index (χ0n) is 17.4. The Hall–Kier alpha value is -3.51. The van der Waals surface area contributed by atoms with E-state index in [1.54, 1.807) is 6.92 Å². The second kappa shape index (κ2) is 9.32. The van der Waals surface area contributed by atoms with Crippen molar-refractivity contribution < 1.29 is 27.2 Å². The fraction of sp³-hybridized carbons (Fsp3) is 0.421. The van der Waals surface area contributed by atoms with Crippen molar-refractivity contribution in [2.75, 3.05) is 11.9 Å². The highest BCUT2D eigenvalue weighted by Gasteiger charge is 2.24. The van der Waals surface area contributed by atoms with Gasteiger partial charge in [0.2, 0.25) is 0 Å². The van der Waals surface area contributed by atoms with E-state index >= 15 is 0 Å². The van der Waals surface area contributed by atoms with Crippen LogP contribution in [0.2, 0.25) is 0 Å². The third-order valence-electron chi connectivity index (χ3n) is 4.37. The summed E-state index contributed by atoms with van der Waals surface area (Å²) in [6, 6.07) is 1.55. The first-order valence-electron chi connectivity index (χ1n) is 9.74. The van der Waals surface area contributed by atoms with Gasteiger partial charge in [-0.2, -0.15) is 10.2 Å². The first-order valence-corrected chi connectivity index (χ1v) is 9.74. The lowest BCUT2D eigenvalue weighted by atomic mass is 10.2. The standard InChI is InChI=1S/C19H21F4N7O2/c1-4-29-8-12(15(28-29)19(32)24-7-9(2)3)26-18(31)11-6-14-25-10(16(20)21)5-13(17(22)23)30(14)27-11/h5-6,8-9,16-17H,4,7H2,1-3H3,(H,24,32)(H,26,31). The third-order valence-corrected chi connectivity index (χ3v) is 4.37. The Kier molecular flexibility index (Phi) is 6.75. The molecule has 13 heteroatoms. The van der Waals surface area contributed by atoms with Gasteiger partial charge in [-0.25, -0.2) is 27.1 Å². The molecule has 32 heavy (non-hydrogen) atoms. The molecule has 0 bridgehead atoms. The van der Waals surface area contributed by atoms with E-state index in [9.17, 15) is 27.2 Å². The SMILES string of the molecule is CCn1cc(NC(=O)c2cc3nc(C(F)F)cc(C(F)F)n3n2)c(C(=O)NCC(C)C)n1. The number of hydrogen-bond donors (Lipinski definition) is 2. The quantitative estimate of drug-likeness (QED) is 0.506. The summed E-state index contributed by atoms with van der Waals surface area (Å²) in [7, 11) is 0. The minimum Gasteiger partial charge on any atom is -0.350 e. The summed E-state index contributed by atoms with van der Waals surface area (Å²) in [6.45, 7) is 6.43. The van der Waals surface area contributed by atoms with Crippen molar-refractivity contribution in [3.8, 4) is 0 Å². The minimum atomic E-state index is -3.12. The molecule has 0 saturated carbocycles. The molecule has 0 radical (unpaired) electrons. The molecule has 0 aliphatic heterocycles. The fourth-order valence-electron chi connectivity index (χ4n) is 2.81. The van der Waals surface area contributed by atoms with E-state index in [0.29, 0.717) is 23.7 Å². The summed E-state index contributed by atoms with van der Waals surface area (Å²) in [5, 5.41) is 13.1. The predicted octanol–water partition coefficient (Wildman–Crippen LogP) is 3.46. The van der Waals surface area contributed by atoms with Crippen LogP contribution in [0.1, 0.15) is 66.0 Å². The van der Waals surface area contributed by atoms with E-state index in [-0.39, 0.29) is 28.6 Å². The van der Waals surface area contributed by atoms with Crippen LogP contribution in [0.3, 0.4) is 0 Å². The van der Waals surface area contributed by atoms with Crippen molar-refractivity contribution >= 4 is 23.1 Å². The molecule has 0 aromatic carbocycles. The van der Waals surface area contributed by atoms with Crippen molar-refractivity contribution in [3.63, 3.8) is 0 Å². The Morgan fingerprint density at radius 1 is 1.06 bits per heavy atom. The van der Waals surface area contributed by atoms with E-state index in [0.717, 1.165) is 6.07 Å². The number of aromatic nitrogens is 5. The summed E-state index contributed by atoms with van der Waals surface area (Å²) in [6.07, 6.45) is -4.75. The van der Waals surface area contributed by atoms with Gasteiger partial charge < -0.3 is 10.6 Å². The highest BCUT2D eigenvalue weighted by atomic mass is 19.3. The highest BCUT2D eigenvalue weighted by Crippen LogP contribution is 2.25. The fourth-order valence-corrected chi connectivity index (χ4v) is 2.81. The summed E-state index contributed by atoms with van der Waals surface area (Å²) in [5.41, 5.74) is -2.29. The Morgan fingerprint density at radius 3 is 2.38 bits per heavy atom. The highest BCUT2D eigenvalue weighted by molar-refractivity contribution is 6.07. The average molecular weight is 455 g/mol. The summed E-state index contributed by atoms with van der Waals surface area (Å²) in [4.78, 5) is 28.7. The first-order chi connectivity index (χ1) is 15.1. The number of nitrogens with zero attached hydrogens (tertiary/aromatic N) is 5. The normalized spacial score (nSPS) is 11.7. The molecule has 3 heterocycles. The van der Waals surface area contributed by atoms with Gasteiger partial charge in [0.25, 0.3) is 24.7 Å². The molecule has 0 aliphatic rings. The maximum absolute atomic E-state index is 13.3. The molecule has 0 spiro atoms. The molecule has 9 nitrogen and oxygen atoms in total. The number of rotatable bonds is 8. The summed E-state index contributed by atoms with van der Waals surface area (Å²) in [5.74, 6) is -1.15. The van der Waals surface area contributed by atoms with Crippen LogP contribution in [0, 0.1) is 5.92 Å². The van der Waals surface area contributed by atoms with Gasteiger partial charge in [0, 0.05) is 25.4 Å². The van der Waals surface area contributed by atoms with Crippen LogP contribution >= 0.6 is 0 Å². The number of hydrogen-bond acceptors (Lipinski definition) is 5. The smallest absolute Gasteiger partial charge is 0.280 e. The first kappa shape index (κ1) is 23.2. The number of carbonyl (C=O) groups is 2. The van der Waals surface area contributed by atoms with Crippen molar-refractivity contribution in [1.29, 1.82) is 0 Å². The Morgan fingerprint density at radius 2 is 1.78 bits per heavy atom. The Bertz CT molecular complexity index is 1140. The second-order valence-electron chi connectivity index (χ2n) is 7.31. The van der Waals surface area contributed by atoms with Crippen LogP contribution in [-0.4, -0.2) is 42.7 Å². The third kappa shape index (κ3) is 4.86. The summed E-state index contributed by atoms with van der Waals surface area (Å²) < 4.78 is 54.7. The van der Waals surface area contributed by atoms with Crippen molar-refractivity contribution in [2.24, 2.45) is 5.92 Å². The zero-order valence-corrected chi connectivity index (χ0v) is 17.4. The maximum Gasteiger partial charge on any atom is 0.280 e. The number of halogens is 4. The van der Waals surface area contributed by atoms with E-state index in [1.165, 1.54) is 10.9 Å². The number of anilines is 1. The lowest BCUT2D eigenvalue weighted by Gasteiger charge is -2.07. The van der Waals surface area contributed by atoms with E-state index < -0.39 is 36.1 Å². The van der Waals surface area contributed by atoms with E-state index in [1.807, 2.05) is 13.8 Å². The molecule has 0 unspecified atom stereocenters. The van der Waals surface area contributed by atoms with Gasteiger partial charge in [0.1, 0.15) is 11.4 Å². The predicted molar refractivity (Wildman–Crippen MR) is 106 cm³/mol. The van der Waals surface area contributed by atoms with Crippen LogP contribution in [0.5, 0.6) is 0 Å². The zero-order chi connectivity index (χ0) is 23.6. The average Bonchev–Trinajstić information content (AvgIpc) is 3.34. The lowest BCUT2D eigenvalue weighted by Crippen LogP contribution is -2.28. The molecule has 3 aromatic rings. The summed E-state index contributed by atoms with van der Waals surface area (Å²) >= 11 is 0. The van der Waals surface area contributed by atoms with Gasteiger partial charge in [-0.3, -0.25) is 14.3 Å². The van der Waals surface area contributed by atoms with Gasteiger partial charge in [0.05, 0.1) is 5.69 Å². The monoisotopic (exact) mass is 455 g/mol. The van der Waals surface area contributed by atoms with Gasteiger partial charge in [-0.15, -0.1) is 0 Å². The van der Waals surface area contributed by atoms with Gasteiger partial charge >= 0.3 is 0 Å². The van der Waals surface area contributed by atoms with E-state index in [2.05, 4.69) is 25.8 Å². The number of carbonyl (C=O) groups excluding carboxylic acids is 2. The number of amides is 2. The van der Waals surface area contributed by atoms with Crippen LogP contribution < -0.4 is 10.6 Å². The molecule has 0 saturated heterocycles. The Balaban J connectivity index is 1.93. The van der Waals surface area contributed by atoms with Crippen molar-refractivity contribution in [2.45, 2.75) is 40.2 Å². The molecule has 172 valence electrons. The largest absolute Gasteiger partial charge is 0.350 e.